The first-order valence-electron chi connectivity index (χ1n) is 12.2. The Balaban J connectivity index is 3.42. The average molecular weight is 395 g/mol. The Kier molecular flexibility index (Phi) is 20.0. The quantitative estimate of drug-likeness (QED) is 0.111. The minimum Gasteiger partial charge on any atom is -0.465 e. The van der Waals surface area contributed by atoms with E-state index in [9.17, 15) is 0 Å². The van der Waals surface area contributed by atoms with E-state index in [0.29, 0.717) is 12.1 Å². The van der Waals surface area contributed by atoms with E-state index in [1.807, 2.05) is 0 Å². The van der Waals surface area contributed by atoms with E-state index in [-0.39, 0.29) is 6.04 Å². The molecule has 0 radical (unpaired) electrons. The van der Waals surface area contributed by atoms with E-state index >= 15 is 0 Å². The number of amidine groups is 1. The fourth-order valence-corrected chi connectivity index (χ4v) is 3.12. The number of allylic oxidation sites excluding steroid dienone is 2. The first kappa shape index (κ1) is 27.0. The lowest BCUT2D eigenvalue weighted by Gasteiger charge is -2.15. The topological polar surface area (TPSA) is 33.6 Å². The zero-order valence-corrected chi connectivity index (χ0v) is 19.8. The Bertz CT molecular complexity index is 375. The number of aliphatic imine (C=N–C) groups is 1. The maximum atomic E-state index is 5.81. The Morgan fingerprint density at radius 2 is 1.25 bits per heavy atom. The summed E-state index contributed by atoms with van der Waals surface area (Å²) in [7, 11) is 0. The lowest BCUT2D eigenvalue weighted by atomic mass is 10.1. The van der Waals surface area contributed by atoms with Gasteiger partial charge in [-0.25, -0.2) is 4.99 Å². The second-order valence-electron chi connectivity index (χ2n) is 8.61. The smallest absolute Gasteiger partial charge is 0.285 e. The molecule has 28 heavy (non-hydrogen) atoms. The maximum absolute atomic E-state index is 5.81. The lowest BCUT2D eigenvalue weighted by molar-refractivity contribution is 0.272. The molecule has 0 fully saturated rings. The molecule has 166 valence electrons. The van der Waals surface area contributed by atoms with E-state index in [1.54, 1.807) is 0 Å². The van der Waals surface area contributed by atoms with Crippen molar-refractivity contribution in [3.63, 3.8) is 0 Å². The van der Waals surface area contributed by atoms with Crippen LogP contribution in [0.15, 0.2) is 17.1 Å². The Morgan fingerprint density at radius 1 is 0.750 bits per heavy atom. The van der Waals surface area contributed by atoms with Gasteiger partial charge in [-0.2, -0.15) is 0 Å². The highest BCUT2D eigenvalue weighted by Crippen LogP contribution is 2.10. The fraction of sp³-hybridized carbons (Fsp3) is 0.880. The summed E-state index contributed by atoms with van der Waals surface area (Å²) in [6, 6.07) is 1.33. The second kappa shape index (κ2) is 20.7. The van der Waals surface area contributed by atoms with Gasteiger partial charge in [-0.3, -0.25) is 0 Å². The van der Waals surface area contributed by atoms with Crippen LogP contribution < -0.4 is 5.32 Å². The Morgan fingerprint density at radius 3 is 1.75 bits per heavy atom. The molecule has 0 aliphatic rings. The summed E-state index contributed by atoms with van der Waals surface area (Å²) in [5.41, 5.74) is 0. The zero-order chi connectivity index (χ0) is 20.9. The van der Waals surface area contributed by atoms with Crippen molar-refractivity contribution < 1.29 is 4.74 Å². The van der Waals surface area contributed by atoms with Crippen molar-refractivity contribution in [1.29, 1.82) is 0 Å². The van der Waals surface area contributed by atoms with Gasteiger partial charge in [0.1, 0.15) is 0 Å². The van der Waals surface area contributed by atoms with Crippen molar-refractivity contribution in [2.75, 3.05) is 6.61 Å². The van der Waals surface area contributed by atoms with E-state index in [2.05, 4.69) is 57.1 Å². The average Bonchev–Trinajstić information content (AvgIpc) is 2.63. The highest BCUT2D eigenvalue weighted by molar-refractivity contribution is 5.73. The van der Waals surface area contributed by atoms with E-state index < -0.39 is 0 Å². The molecule has 0 saturated heterocycles. The van der Waals surface area contributed by atoms with Crippen LogP contribution in [0.25, 0.3) is 0 Å². The SMILES string of the molecule is CCCCCCCCC=CCCCCCCCCOC(=NC(C)C)NC(C)C. The standard InChI is InChI=1S/C25H50N2O/c1-6-7-8-9-10-11-12-13-14-15-16-17-18-19-20-21-22-28-25(26-23(2)3)27-24(4)5/h13-14,23-24H,6-12,15-22H2,1-5H3,(H,26,27). The van der Waals surface area contributed by atoms with Crippen LogP contribution >= 0.6 is 0 Å². The number of nitrogens with zero attached hydrogens (tertiary/aromatic N) is 1. The summed E-state index contributed by atoms with van der Waals surface area (Å²) < 4.78 is 5.81. The van der Waals surface area contributed by atoms with Gasteiger partial charge in [-0.1, -0.05) is 76.9 Å². The molecule has 0 amide bonds. The van der Waals surface area contributed by atoms with Crippen LogP contribution in [-0.2, 0) is 4.74 Å². The second-order valence-corrected chi connectivity index (χ2v) is 8.61. The number of unbranched alkanes of at least 4 members (excludes halogenated alkanes) is 12. The first-order chi connectivity index (χ1) is 13.6. The highest BCUT2D eigenvalue weighted by Gasteiger charge is 2.03. The van der Waals surface area contributed by atoms with Crippen molar-refractivity contribution in [2.24, 2.45) is 4.99 Å². The van der Waals surface area contributed by atoms with Crippen LogP contribution in [0.5, 0.6) is 0 Å². The van der Waals surface area contributed by atoms with Gasteiger partial charge in [0.25, 0.3) is 6.02 Å². The molecule has 3 heteroatoms. The summed E-state index contributed by atoms with van der Waals surface area (Å²) in [6.07, 6.45) is 23.5. The lowest BCUT2D eigenvalue weighted by Crippen LogP contribution is -2.33. The summed E-state index contributed by atoms with van der Waals surface area (Å²) in [4.78, 5) is 4.50. The molecular formula is C25H50N2O. The fourth-order valence-electron chi connectivity index (χ4n) is 3.12. The number of nitrogens with one attached hydrogen (secondary N) is 1. The Labute approximate surface area is 176 Å². The van der Waals surface area contributed by atoms with E-state index in [4.69, 9.17) is 4.74 Å². The molecule has 0 atom stereocenters. The maximum Gasteiger partial charge on any atom is 0.285 e. The first-order valence-corrected chi connectivity index (χ1v) is 12.2. The van der Waals surface area contributed by atoms with Crippen LogP contribution in [0.2, 0.25) is 0 Å². The monoisotopic (exact) mass is 394 g/mol. The van der Waals surface area contributed by atoms with Gasteiger partial charge in [-0.05, 0) is 59.8 Å². The summed E-state index contributed by atoms with van der Waals surface area (Å²) in [6.45, 7) is 11.4. The molecule has 0 unspecified atom stereocenters. The van der Waals surface area contributed by atoms with Crippen LogP contribution in [0, 0.1) is 0 Å². The predicted molar refractivity (Wildman–Crippen MR) is 126 cm³/mol. The van der Waals surface area contributed by atoms with Gasteiger partial charge in [0.2, 0.25) is 0 Å². The van der Waals surface area contributed by atoms with Gasteiger partial charge in [0, 0.05) is 12.1 Å². The molecule has 0 spiro atoms. The molecule has 0 heterocycles. The molecule has 0 aliphatic carbocycles. The van der Waals surface area contributed by atoms with E-state index in [1.165, 1.54) is 83.5 Å². The van der Waals surface area contributed by atoms with Crippen LogP contribution in [-0.4, -0.2) is 24.7 Å². The highest BCUT2D eigenvalue weighted by atomic mass is 16.5. The number of hydrogen-bond donors (Lipinski definition) is 1. The molecule has 0 saturated carbocycles. The molecule has 0 rings (SSSR count). The predicted octanol–water partition coefficient (Wildman–Crippen LogP) is 7.80. The molecule has 0 bridgehead atoms. The van der Waals surface area contributed by atoms with Gasteiger partial charge in [-0.15, -0.1) is 0 Å². The summed E-state index contributed by atoms with van der Waals surface area (Å²) in [5.74, 6) is 0. The number of hydrogen-bond acceptors (Lipinski definition) is 2. The molecule has 3 nitrogen and oxygen atoms in total. The zero-order valence-electron chi connectivity index (χ0n) is 19.8. The van der Waals surface area contributed by atoms with Crippen LogP contribution in [0.3, 0.4) is 0 Å². The van der Waals surface area contributed by atoms with Crippen molar-refractivity contribution in [3.05, 3.63) is 12.2 Å². The van der Waals surface area contributed by atoms with Crippen LogP contribution in [0.4, 0.5) is 0 Å². The molecule has 0 aromatic heterocycles. The van der Waals surface area contributed by atoms with Crippen molar-refractivity contribution in [2.45, 2.75) is 137 Å². The number of ether oxygens (including phenoxy) is 1. The van der Waals surface area contributed by atoms with Gasteiger partial charge >= 0.3 is 0 Å². The normalized spacial score (nSPS) is 12.5. The van der Waals surface area contributed by atoms with Gasteiger partial charge < -0.3 is 10.1 Å². The van der Waals surface area contributed by atoms with Crippen molar-refractivity contribution >= 4 is 6.02 Å². The van der Waals surface area contributed by atoms with Crippen LogP contribution in [0.1, 0.15) is 125 Å². The molecule has 0 aliphatic heterocycles. The van der Waals surface area contributed by atoms with Crippen molar-refractivity contribution in [3.8, 4) is 0 Å². The minimum absolute atomic E-state index is 0.265. The van der Waals surface area contributed by atoms with Gasteiger partial charge in [0.15, 0.2) is 0 Å². The number of rotatable bonds is 18. The van der Waals surface area contributed by atoms with Crippen molar-refractivity contribution in [1.82, 2.24) is 5.32 Å². The molecule has 1 N–H and O–H groups in total. The van der Waals surface area contributed by atoms with Gasteiger partial charge in [0.05, 0.1) is 6.61 Å². The third-order valence-corrected chi connectivity index (χ3v) is 4.68. The summed E-state index contributed by atoms with van der Waals surface area (Å²) >= 11 is 0. The van der Waals surface area contributed by atoms with E-state index in [0.717, 1.165) is 13.0 Å². The Hall–Kier alpha value is -0.990. The summed E-state index contributed by atoms with van der Waals surface area (Å²) in [5, 5.41) is 3.29. The molecule has 0 aromatic rings. The largest absolute Gasteiger partial charge is 0.465 e. The minimum atomic E-state index is 0.265. The third-order valence-electron chi connectivity index (χ3n) is 4.68. The molecule has 0 aromatic carbocycles. The third kappa shape index (κ3) is 21.3. The molecular weight excluding hydrogens is 344 g/mol.